The predicted molar refractivity (Wildman–Crippen MR) is 81.6 cm³/mol. The Bertz CT molecular complexity index is 591. The fraction of sp³-hybridized carbons (Fsp3) is 0.294. The highest BCUT2D eigenvalue weighted by Crippen LogP contribution is 2.16. The van der Waals surface area contributed by atoms with E-state index < -0.39 is 11.6 Å². The first-order chi connectivity index (χ1) is 9.94. The van der Waals surface area contributed by atoms with Crippen LogP contribution in [0.3, 0.4) is 0 Å². The van der Waals surface area contributed by atoms with E-state index in [2.05, 4.69) is 18.7 Å². The van der Waals surface area contributed by atoms with Gasteiger partial charge in [0.25, 0.3) is 0 Å². The average molecular weight is 290 g/mol. The van der Waals surface area contributed by atoms with E-state index in [1.165, 1.54) is 12.1 Å². The van der Waals surface area contributed by atoms with Crippen LogP contribution in [0.4, 0.5) is 14.5 Å². The molecule has 0 bridgehead atoms. The van der Waals surface area contributed by atoms with E-state index in [0.29, 0.717) is 24.3 Å². The standard InChI is InChI=1S/C17H20F2N2/c1-12(2)21(10-13-4-3-5-17(20)8-13)11-14-6-15(18)9-16(19)7-14/h3-9,12H,10-11,20H2,1-2H3. The zero-order chi connectivity index (χ0) is 15.4. The van der Waals surface area contributed by atoms with Crippen molar-refractivity contribution in [3.63, 3.8) is 0 Å². The van der Waals surface area contributed by atoms with Crippen molar-refractivity contribution in [3.05, 3.63) is 65.2 Å². The van der Waals surface area contributed by atoms with Crippen molar-refractivity contribution in [2.24, 2.45) is 0 Å². The second-order valence-corrected chi connectivity index (χ2v) is 5.52. The molecule has 112 valence electrons. The molecule has 0 saturated heterocycles. The van der Waals surface area contributed by atoms with Crippen LogP contribution in [-0.4, -0.2) is 10.9 Å². The summed E-state index contributed by atoms with van der Waals surface area (Å²) >= 11 is 0. The molecule has 0 aliphatic heterocycles. The van der Waals surface area contributed by atoms with Crippen LogP contribution in [-0.2, 0) is 13.1 Å². The van der Waals surface area contributed by atoms with Crippen molar-refractivity contribution < 1.29 is 8.78 Å². The maximum Gasteiger partial charge on any atom is 0.126 e. The summed E-state index contributed by atoms with van der Waals surface area (Å²) in [6.07, 6.45) is 0. The molecule has 21 heavy (non-hydrogen) atoms. The molecule has 0 saturated carbocycles. The van der Waals surface area contributed by atoms with Crippen LogP contribution in [0.2, 0.25) is 0 Å². The summed E-state index contributed by atoms with van der Waals surface area (Å²) in [7, 11) is 0. The van der Waals surface area contributed by atoms with Crippen LogP contribution < -0.4 is 5.73 Å². The maximum absolute atomic E-state index is 13.3. The lowest BCUT2D eigenvalue weighted by Gasteiger charge is -2.27. The third-order valence-corrected chi connectivity index (χ3v) is 3.38. The minimum Gasteiger partial charge on any atom is -0.399 e. The Morgan fingerprint density at radius 3 is 2.14 bits per heavy atom. The Morgan fingerprint density at radius 2 is 1.57 bits per heavy atom. The molecular formula is C17H20F2N2. The monoisotopic (exact) mass is 290 g/mol. The van der Waals surface area contributed by atoms with Crippen LogP contribution >= 0.6 is 0 Å². The van der Waals surface area contributed by atoms with E-state index in [1.54, 1.807) is 0 Å². The molecule has 0 heterocycles. The minimum absolute atomic E-state index is 0.248. The molecule has 0 aromatic heterocycles. The van der Waals surface area contributed by atoms with Crippen LogP contribution in [0.25, 0.3) is 0 Å². The number of nitrogens with two attached hydrogens (primary N) is 1. The first kappa shape index (κ1) is 15.4. The van der Waals surface area contributed by atoms with Gasteiger partial charge in [-0.05, 0) is 49.2 Å². The fourth-order valence-electron chi connectivity index (χ4n) is 2.28. The number of halogens is 2. The topological polar surface area (TPSA) is 29.3 Å². The van der Waals surface area contributed by atoms with Gasteiger partial charge in [0, 0.05) is 30.9 Å². The Labute approximate surface area is 124 Å². The van der Waals surface area contributed by atoms with Crippen molar-refractivity contribution in [1.82, 2.24) is 4.90 Å². The second-order valence-electron chi connectivity index (χ2n) is 5.52. The van der Waals surface area contributed by atoms with Gasteiger partial charge in [-0.2, -0.15) is 0 Å². The van der Waals surface area contributed by atoms with Crippen LogP contribution in [0.5, 0.6) is 0 Å². The molecule has 0 aliphatic rings. The minimum atomic E-state index is -0.544. The molecule has 2 aromatic carbocycles. The first-order valence-corrected chi connectivity index (χ1v) is 6.97. The summed E-state index contributed by atoms with van der Waals surface area (Å²) in [6, 6.07) is 11.5. The second kappa shape index (κ2) is 6.68. The molecule has 4 heteroatoms. The highest BCUT2D eigenvalue weighted by molar-refractivity contribution is 5.40. The molecule has 0 spiro atoms. The number of rotatable bonds is 5. The van der Waals surface area contributed by atoms with E-state index in [1.807, 2.05) is 24.3 Å². The van der Waals surface area contributed by atoms with Gasteiger partial charge < -0.3 is 5.73 Å². The zero-order valence-electron chi connectivity index (χ0n) is 12.3. The van der Waals surface area contributed by atoms with E-state index in [-0.39, 0.29) is 6.04 Å². The summed E-state index contributed by atoms with van der Waals surface area (Å²) in [6.45, 7) is 5.28. The lowest BCUT2D eigenvalue weighted by molar-refractivity contribution is 0.203. The number of benzene rings is 2. The smallest absolute Gasteiger partial charge is 0.126 e. The number of hydrogen-bond donors (Lipinski definition) is 1. The Morgan fingerprint density at radius 1 is 0.952 bits per heavy atom. The van der Waals surface area contributed by atoms with Gasteiger partial charge in [0.1, 0.15) is 11.6 Å². The van der Waals surface area contributed by atoms with Crippen molar-refractivity contribution in [2.75, 3.05) is 5.73 Å². The largest absolute Gasteiger partial charge is 0.399 e. The highest BCUT2D eigenvalue weighted by Gasteiger charge is 2.12. The van der Waals surface area contributed by atoms with E-state index >= 15 is 0 Å². The van der Waals surface area contributed by atoms with E-state index in [0.717, 1.165) is 11.6 Å². The van der Waals surface area contributed by atoms with E-state index in [4.69, 9.17) is 5.73 Å². The lowest BCUT2D eigenvalue weighted by Crippen LogP contribution is -2.30. The molecule has 2 aromatic rings. The van der Waals surface area contributed by atoms with Crippen LogP contribution in [0, 0.1) is 11.6 Å². The third-order valence-electron chi connectivity index (χ3n) is 3.38. The van der Waals surface area contributed by atoms with Gasteiger partial charge >= 0.3 is 0 Å². The number of nitrogen functional groups attached to an aromatic ring is 1. The molecule has 2 N–H and O–H groups in total. The van der Waals surface area contributed by atoms with Crippen molar-refractivity contribution in [1.29, 1.82) is 0 Å². The van der Waals surface area contributed by atoms with E-state index in [9.17, 15) is 8.78 Å². The van der Waals surface area contributed by atoms with Crippen molar-refractivity contribution in [2.45, 2.75) is 33.0 Å². The summed E-state index contributed by atoms with van der Waals surface area (Å²) in [5.74, 6) is -1.09. The van der Waals surface area contributed by atoms with Gasteiger partial charge in [-0.15, -0.1) is 0 Å². The Hall–Kier alpha value is -1.94. The molecule has 0 aliphatic carbocycles. The molecule has 0 unspecified atom stereocenters. The Balaban J connectivity index is 2.15. The molecular weight excluding hydrogens is 270 g/mol. The number of anilines is 1. The quantitative estimate of drug-likeness (QED) is 0.845. The van der Waals surface area contributed by atoms with Gasteiger partial charge in [-0.25, -0.2) is 8.78 Å². The summed E-state index contributed by atoms with van der Waals surface area (Å²) in [5.41, 5.74) is 8.21. The van der Waals surface area contributed by atoms with Gasteiger partial charge in [0.2, 0.25) is 0 Å². The molecule has 2 nitrogen and oxygen atoms in total. The lowest BCUT2D eigenvalue weighted by atomic mass is 10.1. The summed E-state index contributed by atoms with van der Waals surface area (Å²) in [4.78, 5) is 2.14. The van der Waals surface area contributed by atoms with Gasteiger partial charge in [0.15, 0.2) is 0 Å². The maximum atomic E-state index is 13.3. The SMILES string of the molecule is CC(C)N(Cc1cccc(N)c1)Cc1cc(F)cc(F)c1. The zero-order valence-corrected chi connectivity index (χ0v) is 12.3. The first-order valence-electron chi connectivity index (χ1n) is 6.97. The van der Waals surface area contributed by atoms with Gasteiger partial charge in [0.05, 0.1) is 0 Å². The molecule has 0 fully saturated rings. The van der Waals surface area contributed by atoms with Crippen LogP contribution in [0.15, 0.2) is 42.5 Å². The van der Waals surface area contributed by atoms with Gasteiger partial charge in [-0.3, -0.25) is 4.90 Å². The van der Waals surface area contributed by atoms with Crippen LogP contribution in [0.1, 0.15) is 25.0 Å². The number of nitrogens with zero attached hydrogens (tertiary/aromatic N) is 1. The summed E-state index contributed by atoms with van der Waals surface area (Å²) < 4.78 is 26.6. The Kier molecular flexibility index (Phi) is 4.91. The third kappa shape index (κ3) is 4.53. The summed E-state index contributed by atoms with van der Waals surface area (Å²) in [5, 5.41) is 0. The van der Waals surface area contributed by atoms with Crippen molar-refractivity contribution in [3.8, 4) is 0 Å². The fourth-order valence-corrected chi connectivity index (χ4v) is 2.28. The predicted octanol–water partition coefficient (Wildman–Crippen LogP) is 3.96. The molecule has 2 rings (SSSR count). The normalized spacial score (nSPS) is 11.3. The number of hydrogen-bond acceptors (Lipinski definition) is 2. The van der Waals surface area contributed by atoms with Crippen molar-refractivity contribution >= 4 is 5.69 Å². The average Bonchev–Trinajstić information content (AvgIpc) is 2.36. The molecule has 0 radical (unpaired) electrons. The van der Waals surface area contributed by atoms with Gasteiger partial charge in [-0.1, -0.05) is 12.1 Å². The highest BCUT2D eigenvalue weighted by atomic mass is 19.1. The molecule has 0 atom stereocenters. The molecule has 0 amide bonds.